The molecule has 0 bridgehead atoms. The highest BCUT2D eigenvalue weighted by Gasteiger charge is 2.14. The van der Waals surface area contributed by atoms with E-state index in [1.165, 1.54) is 6.08 Å². The molecular formula is C20H21N3O3. The first-order chi connectivity index (χ1) is 12.5. The number of aromatic amines is 1. The summed E-state index contributed by atoms with van der Waals surface area (Å²) in [5.74, 6) is -0.545. The molecule has 134 valence electrons. The van der Waals surface area contributed by atoms with Crippen molar-refractivity contribution in [3.8, 4) is 0 Å². The van der Waals surface area contributed by atoms with Crippen molar-refractivity contribution in [1.82, 2.24) is 4.98 Å². The summed E-state index contributed by atoms with van der Waals surface area (Å²) in [7, 11) is 0. The third-order valence-electron chi connectivity index (χ3n) is 4.38. The van der Waals surface area contributed by atoms with Crippen molar-refractivity contribution in [3.63, 3.8) is 0 Å². The van der Waals surface area contributed by atoms with Crippen LogP contribution in [0.3, 0.4) is 0 Å². The normalized spacial score (nSPS) is 12.8. The van der Waals surface area contributed by atoms with Crippen LogP contribution in [-0.2, 0) is 28.9 Å². The van der Waals surface area contributed by atoms with Gasteiger partial charge in [-0.15, -0.1) is 0 Å². The van der Waals surface area contributed by atoms with Crippen LogP contribution in [0.2, 0.25) is 0 Å². The molecule has 2 amide bonds. The van der Waals surface area contributed by atoms with Crippen molar-refractivity contribution >= 4 is 23.2 Å². The molecule has 3 rings (SSSR count). The number of nitrogens with one attached hydrogen (secondary N) is 3. The lowest BCUT2D eigenvalue weighted by molar-refractivity contribution is -0.115. The summed E-state index contributed by atoms with van der Waals surface area (Å²) in [5.41, 5.74) is 3.54. The molecular weight excluding hydrogens is 330 g/mol. The van der Waals surface area contributed by atoms with Gasteiger partial charge in [0.05, 0.1) is 6.42 Å². The summed E-state index contributed by atoms with van der Waals surface area (Å²) in [4.78, 5) is 38.5. The topological polar surface area (TPSA) is 91.1 Å². The molecule has 1 heterocycles. The van der Waals surface area contributed by atoms with E-state index in [2.05, 4.69) is 22.2 Å². The maximum Gasteiger partial charge on any atom is 0.271 e. The highest BCUT2D eigenvalue weighted by Crippen LogP contribution is 2.20. The molecule has 1 aliphatic carbocycles. The summed E-state index contributed by atoms with van der Waals surface area (Å²) in [6, 6.07) is 8.75. The van der Waals surface area contributed by atoms with Crippen LogP contribution in [-0.4, -0.2) is 16.8 Å². The molecule has 0 spiro atoms. The van der Waals surface area contributed by atoms with Crippen molar-refractivity contribution in [2.24, 2.45) is 0 Å². The molecule has 1 aliphatic rings. The third-order valence-corrected chi connectivity index (χ3v) is 4.38. The lowest BCUT2D eigenvalue weighted by Crippen LogP contribution is -2.23. The number of aromatic nitrogens is 1. The van der Waals surface area contributed by atoms with E-state index in [0.717, 1.165) is 42.5 Å². The number of fused-ring (bicyclic) bond motifs is 1. The fraction of sp³-hybridized carbons (Fsp3) is 0.250. The Balaban J connectivity index is 1.65. The fourth-order valence-electron chi connectivity index (χ4n) is 3.05. The van der Waals surface area contributed by atoms with E-state index in [9.17, 15) is 14.4 Å². The maximum atomic E-state index is 12.3. The fourth-order valence-corrected chi connectivity index (χ4v) is 3.05. The lowest BCUT2D eigenvalue weighted by atomic mass is 9.96. The van der Waals surface area contributed by atoms with E-state index in [4.69, 9.17) is 0 Å². The smallest absolute Gasteiger partial charge is 0.271 e. The van der Waals surface area contributed by atoms with Gasteiger partial charge >= 0.3 is 0 Å². The van der Waals surface area contributed by atoms with E-state index < -0.39 is 0 Å². The number of H-pyrrole nitrogens is 1. The van der Waals surface area contributed by atoms with E-state index in [-0.39, 0.29) is 23.8 Å². The van der Waals surface area contributed by atoms with Crippen LogP contribution in [0.4, 0.5) is 11.4 Å². The van der Waals surface area contributed by atoms with E-state index in [1.54, 1.807) is 30.3 Å². The second kappa shape index (κ2) is 7.82. The SMILES string of the molecule is C=CC(=O)Nc1ccc(CC(=O)Nc2cc3c([nH]c2=O)CCCC3)cc1. The number of pyridine rings is 1. The maximum absolute atomic E-state index is 12.3. The summed E-state index contributed by atoms with van der Waals surface area (Å²) in [6.45, 7) is 3.39. The molecule has 0 radical (unpaired) electrons. The highest BCUT2D eigenvalue weighted by molar-refractivity contribution is 5.99. The number of benzene rings is 1. The number of carbonyl (C=O) groups excluding carboxylic acids is 2. The number of carbonyl (C=O) groups is 2. The van der Waals surface area contributed by atoms with Gasteiger partial charge in [-0.2, -0.15) is 0 Å². The first-order valence-corrected chi connectivity index (χ1v) is 8.62. The van der Waals surface area contributed by atoms with Gasteiger partial charge in [0.1, 0.15) is 5.69 Å². The Labute approximate surface area is 151 Å². The van der Waals surface area contributed by atoms with Crippen LogP contribution >= 0.6 is 0 Å². The molecule has 26 heavy (non-hydrogen) atoms. The van der Waals surface area contributed by atoms with Gasteiger partial charge in [-0.1, -0.05) is 18.7 Å². The molecule has 0 saturated carbocycles. The Morgan fingerprint density at radius 2 is 1.85 bits per heavy atom. The number of aryl methyl sites for hydroxylation is 2. The minimum Gasteiger partial charge on any atom is -0.324 e. The minimum atomic E-state index is -0.290. The predicted molar refractivity (Wildman–Crippen MR) is 101 cm³/mol. The molecule has 1 aromatic carbocycles. The lowest BCUT2D eigenvalue weighted by Gasteiger charge is -2.16. The van der Waals surface area contributed by atoms with Gasteiger partial charge in [0.2, 0.25) is 11.8 Å². The quantitative estimate of drug-likeness (QED) is 0.723. The number of hydrogen-bond acceptors (Lipinski definition) is 3. The molecule has 0 saturated heterocycles. The van der Waals surface area contributed by atoms with Crippen LogP contribution < -0.4 is 16.2 Å². The first-order valence-electron chi connectivity index (χ1n) is 8.62. The van der Waals surface area contributed by atoms with Crippen LogP contribution in [0.25, 0.3) is 0 Å². The number of anilines is 2. The van der Waals surface area contributed by atoms with E-state index >= 15 is 0 Å². The molecule has 0 aliphatic heterocycles. The van der Waals surface area contributed by atoms with Crippen molar-refractivity contribution < 1.29 is 9.59 Å². The van der Waals surface area contributed by atoms with Crippen LogP contribution in [0.5, 0.6) is 0 Å². The van der Waals surface area contributed by atoms with Crippen LogP contribution in [0.1, 0.15) is 29.7 Å². The van der Waals surface area contributed by atoms with Crippen molar-refractivity contribution in [3.05, 3.63) is 70.2 Å². The van der Waals surface area contributed by atoms with E-state index in [0.29, 0.717) is 11.4 Å². The second-order valence-electron chi connectivity index (χ2n) is 6.34. The number of hydrogen-bond donors (Lipinski definition) is 3. The van der Waals surface area contributed by atoms with Crippen LogP contribution in [0.15, 0.2) is 47.8 Å². The summed E-state index contributed by atoms with van der Waals surface area (Å²) in [6.07, 6.45) is 5.32. The molecule has 1 aromatic heterocycles. The Hall–Kier alpha value is -3.15. The largest absolute Gasteiger partial charge is 0.324 e. The molecule has 3 N–H and O–H groups in total. The van der Waals surface area contributed by atoms with Gasteiger partial charge in [-0.05, 0) is 61.1 Å². The van der Waals surface area contributed by atoms with Crippen molar-refractivity contribution in [1.29, 1.82) is 0 Å². The summed E-state index contributed by atoms with van der Waals surface area (Å²) in [5, 5.41) is 5.34. The first kappa shape index (κ1) is 17.7. The zero-order valence-electron chi connectivity index (χ0n) is 14.4. The van der Waals surface area contributed by atoms with Gasteiger partial charge in [0.25, 0.3) is 5.56 Å². The van der Waals surface area contributed by atoms with E-state index in [1.807, 2.05) is 0 Å². The molecule has 0 atom stereocenters. The Kier molecular flexibility index (Phi) is 5.31. The van der Waals surface area contributed by atoms with Crippen molar-refractivity contribution in [2.45, 2.75) is 32.1 Å². The Bertz CT molecular complexity index is 898. The highest BCUT2D eigenvalue weighted by atomic mass is 16.2. The van der Waals surface area contributed by atoms with Gasteiger partial charge in [0.15, 0.2) is 0 Å². The zero-order chi connectivity index (χ0) is 18.5. The van der Waals surface area contributed by atoms with Crippen molar-refractivity contribution in [2.75, 3.05) is 10.6 Å². The molecule has 6 nitrogen and oxygen atoms in total. The van der Waals surface area contributed by atoms with Gasteiger partial charge in [0, 0.05) is 11.4 Å². The molecule has 6 heteroatoms. The van der Waals surface area contributed by atoms with Crippen LogP contribution in [0, 0.1) is 0 Å². The number of rotatable bonds is 5. The molecule has 0 fully saturated rings. The molecule has 0 unspecified atom stereocenters. The average Bonchev–Trinajstić information content (AvgIpc) is 2.64. The van der Waals surface area contributed by atoms with Gasteiger partial charge in [-0.25, -0.2) is 0 Å². The monoisotopic (exact) mass is 351 g/mol. The minimum absolute atomic E-state index is 0.145. The average molecular weight is 351 g/mol. The Morgan fingerprint density at radius 3 is 2.58 bits per heavy atom. The third kappa shape index (κ3) is 4.27. The predicted octanol–water partition coefficient (Wildman–Crippen LogP) is 2.56. The molecule has 2 aromatic rings. The standard InChI is InChI=1S/C20H21N3O3/c1-2-18(24)21-15-9-7-13(8-10-15)11-19(25)22-17-12-14-5-3-4-6-16(14)23-20(17)26/h2,7-10,12H,1,3-6,11H2,(H,21,24)(H,22,25)(H,23,26). The summed E-state index contributed by atoms with van der Waals surface area (Å²) < 4.78 is 0. The van der Waals surface area contributed by atoms with Gasteiger partial charge in [-0.3, -0.25) is 14.4 Å². The second-order valence-corrected chi connectivity index (χ2v) is 6.34. The Morgan fingerprint density at radius 1 is 1.12 bits per heavy atom. The zero-order valence-corrected chi connectivity index (χ0v) is 14.4. The number of amides is 2. The summed E-state index contributed by atoms with van der Waals surface area (Å²) >= 11 is 0. The van der Waals surface area contributed by atoms with Gasteiger partial charge < -0.3 is 15.6 Å².